The number of fused-ring (bicyclic) bond motifs is 12. The van der Waals surface area contributed by atoms with Gasteiger partial charge in [-0.05, 0) is 174 Å². The fourth-order valence-corrected chi connectivity index (χ4v) is 11.1. The first-order valence-electron chi connectivity index (χ1n) is 43.2. The van der Waals surface area contributed by atoms with Gasteiger partial charge in [0.25, 0.3) is 6.71 Å². The normalized spacial score (nSPS) is 19.0. The summed E-state index contributed by atoms with van der Waals surface area (Å²) >= 11 is 0. The lowest BCUT2D eigenvalue weighted by Gasteiger charge is -2.46. The van der Waals surface area contributed by atoms with Crippen molar-refractivity contribution in [2.75, 3.05) is 14.7 Å². The van der Waals surface area contributed by atoms with Gasteiger partial charge >= 0.3 is 0 Å². The molecule has 10 aromatic carbocycles. The predicted molar refractivity (Wildman–Crippen MR) is 355 cm³/mol. The van der Waals surface area contributed by atoms with Crippen LogP contribution >= 0.6 is 0 Å². The highest BCUT2D eigenvalue weighted by Gasteiger charge is 2.47. The third-order valence-corrected chi connectivity index (χ3v) is 15.4. The van der Waals surface area contributed by atoms with E-state index in [9.17, 15) is 40.9 Å². The van der Waals surface area contributed by atoms with Gasteiger partial charge in [0.05, 0.1) is 83.6 Å². The van der Waals surface area contributed by atoms with Gasteiger partial charge in [-0.3, -0.25) is 0 Å². The third-order valence-electron chi connectivity index (χ3n) is 15.4. The van der Waals surface area contributed by atoms with Crippen LogP contribution < -0.4 is 31.1 Å². The first kappa shape index (κ1) is 27.9. The van der Waals surface area contributed by atoms with Gasteiger partial charge in [0, 0.05) is 61.4 Å². The van der Waals surface area contributed by atoms with Gasteiger partial charge in [-0.1, -0.05) is 174 Å². The lowest BCUT2D eigenvalue weighted by molar-refractivity contribution is 0.590. The smallest absolute Gasteiger partial charge is 0.252 e. The van der Waals surface area contributed by atoms with E-state index in [0.717, 1.165) is 0 Å². The van der Waals surface area contributed by atoms with Crippen molar-refractivity contribution in [3.8, 4) is 22.9 Å². The van der Waals surface area contributed by atoms with E-state index in [1.807, 2.05) is 6.07 Å². The number of aromatic nitrogens is 1. The molecule has 0 spiro atoms. The number of hydrogen-bond acceptors (Lipinski definition) is 5. The van der Waals surface area contributed by atoms with Crippen molar-refractivity contribution in [1.29, 1.82) is 5.26 Å². The van der Waals surface area contributed by atoms with Gasteiger partial charge in [-0.25, -0.2) is 0 Å². The van der Waals surface area contributed by atoms with Crippen LogP contribution in [0.3, 0.4) is 0 Å². The zero-order valence-electron chi connectivity index (χ0n) is 79.7. The molecule has 0 N–H and O–H groups in total. The molecule has 0 atom stereocenters. The van der Waals surface area contributed by atoms with Crippen LogP contribution in [0.4, 0.5) is 51.2 Å². The molecule has 0 fully saturated rings. The van der Waals surface area contributed by atoms with Gasteiger partial charge in [-0.2, -0.15) is 5.26 Å². The van der Waals surface area contributed by atoms with E-state index in [0.29, 0.717) is 9.80 Å². The fraction of sp³-hybridized carbons (Fsp3) is 0.208. The van der Waals surface area contributed by atoms with Crippen molar-refractivity contribution < 1.29 is 48.3 Å². The lowest BCUT2D eigenvalue weighted by atomic mass is 9.33. The Hall–Kier alpha value is -9.25. The van der Waals surface area contributed by atoms with Crippen LogP contribution in [0.15, 0.2) is 198 Å². The first-order valence-corrected chi connectivity index (χ1v) is 27.2. The Kier molecular flexibility index (Phi) is 5.94. The molecule has 3 aliphatic heterocycles. The number of para-hydroxylation sites is 2. The highest BCUT2D eigenvalue weighted by molar-refractivity contribution is 7.00. The number of nitriles is 1. The predicted octanol–water partition coefficient (Wildman–Crippen LogP) is 19.3. The van der Waals surface area contributed by atoms with Crippen molar-refractivity contribution in [2.24, 2.45) is 0 Å². The van der Waals surface area contributed by atoms with E-state index < -0.39 is 316 Å². The number of hydrogen-bond donors (Lipinski definition) is 0. The number of furan rings is 1. The Morgan fingerprint density at radius 2 is 1.06 bits per heavy atom. The number of anilines is 9. The van der Waals surface area contributed by atoms with Crippen LogP contribution in [-0.4, -0.2) is 11.3 Å². The second kappa shape index (κ2) is 17.9. The van der Waals surface area contributed by atoms with Gasteiger partial charge in [0.1, 0.15) is 11.2 Å². The van der Waals surface area contributed by atoms with Crippen LogP contribution in [-0.2, 0) is 21.7 Å². The summed E-state index contributed by atoms with van der Waals surface area (Å²) in [6.45, 7) is 17.5. The molecule has 0 amide bonds. The van der Waals surface area contributed by atoms with Crippen molar-refractivity contribution in [3.05, 3.63) is 221 Å². The summed E-state index contributed by atoms with van der Waals surface area (Å²) in [4.78, 5) is 2.41. The molecule has 6 nitrogen and oxygen atoms in total. The second-order valence-corrected chi connectivity index (χ2v) is 25.2. The van der Waals surface area contributed by atoms with E-state index >= 15 is 0 Å². The number of rotatable bonds is 5. The standard InChI is InChI=1S/C77H68BN5O/c1-74(2,3)48-25-32-52(33-26-48)80(53-34-27-49(28-35-53)75(4,5)6)55-36-37-60-64(44-55)81(54-30-23-47(24-31-54)56-18-15-22-69-70(56)57-17-13-14-21-68(57)84-69)65-39-46(45-79)40-66-71(65)78(60)61-19-16-20-63-73(61)83(66)67-43-51(77(10,11)12)42-59-58-41-50(76(7,8)9)29-38-62(58)82(63)72(59)67/h13-44H,1-12H3/i13D,14D,15D,16D,17D,18D,19D,20D,21D,22D,23D,24D,25D,26D,27D,28D,29D,30D,31D,32D,33D,34D,35D,36D,37D,38D,39D,40D,41D,42D,43D,44D. The average molecular weight is 1120 g/mol. The monoisotopic (exact) mass is 1120 g/mol. The number of nitrogens with zero attached hydrogens (tertiary/aromatic N) is 5. The van der Waals surface area contributed by atoms with E-state index in [1.54, 1.807) is 83.1 Å². The Bertz CT molecular complexity index is 6600. The van der Waals surface area contributed by atoms with Crippen molar-refractivity contribution in [2.45, 2.75) is 105 Å². The topological polar surface area (TPSA) is 51.6 Å². The Morgan fingerprint density at radius 1 is 0.464 bits per heavy atom. The van der Waals surface area contributed by atoms with Gasteiger partial charge < -0.3 is 23.7 Å². The largest absolute Gasteiger partial charge is 0.456 e. The van der Waals surface area contributed by atoms with Gasteiger partial charge in [0.15, 0.2) is 0 Å². The Morgan fingerprint density at radius 3 is 1.71 bits per heavy atom. The molecule has 12 aromatic rings. The molecule has 0 aliphatic carbocycles. The highest BCUT2D eigenvalue weighted by atomic mass is 16.3. The average Bonchev–Trinajstić information content (AvgIpc) is 1.23. The summed E-state index contributed by atoms with van der Waals surface area (Å²) in [6, 6.07) is -26.5. The molecule has 0 radical (unpaired) electrons. The summed E-state index contributed by atoms with van der Waals surface area (Å²) in [5.74, 6) is 0. The van der Waals surface area contributed by atoms with E-state index in [2.05, 4.69) is 0 Å². The van der Waals surface area contributed by atoms with Gasteiger partial charge in [0.2, 0.25) is 0 Å². The van der Waals surface area contributed by atoms with Crippen LogP contribution in [0.25, 0.3) is 60.6 Å². The zero-order chi connectivity index (χ0) is 85.9. The van der Waals surface area contributed by atoms with Crippen molar-refractivity contribution in [1.82, 2.24) is 4.57 Å². The van der Waals surface area contributed by atoms with Crippen LogP contribution in [0, 0.1) is 11.3 Å². The van der Waals surface area contributed by atoms with Crippen LogP contribution in [0.2, 0.25) is 0 Å². The maximum Gasteiger partial charge on any atom is 0.252 e. The minimum absolute atomic E-state index is 0.0389. The van der Waals surface area contributed by atoms with Crippen molar-refractivity contribution >= 4 is 118 Å². The molecular weight excluding hydrogens is 1020 g/mol. The zero-order valence-corrected chi connectivity index (χ0v) is 47.7. The Labute approximate surface area is 538 Å². The second-order valence-electron chi connectivity index (χ2n) is 25.2. The molecular formula is C77H68BN5O. The molecule has 15 rings (SSSR count). The molecule has 7 heteroatoms. The molecule has 5 heterocycles. The molecule has 0 saturated carbocycles. The molecule has 84 heavy (non-hydrogen) atoms. The quantitative estimate of drug-likeness (QED) is 0.161. The molecule has 0 saturated heterocycles. The molecule has 3 aliphatic rings. The highest BCUT2D eigenvalue weighted by Crippen LogP contribution is 2.54. The van der Waals surface area contributed by atoms with Crippen LogP contribution in [0.1, 0.15) is 155 Å². The molecule has 2 aromatic heterocycles. The molecule has 0 bridgehead atoms. The lowest BCUT2D eigenvalue weighted by Crippen LogP contribution is -2.61. The van der Waals surface area contributed by atoms with E-state index in [1.165, 1.54) is 9.47 Å². The first-order chi connectivity index (χ1) is 53.6. The molecule has 410 valence electrons. The minimum atomic E-state index is -2.17. The van der Waals surface area contributed by atoms with Gasteiger partial charge in [-0.15, -0.1) is 0 Å². The summed E-state index contributed by atoms with van der Waals surface area (Å²) in [5, 5.41) is 10.5. The van der Waals surface area contributed by atoms with Crippen LogP contribution in [0.5, 0.6) is 0 Å². The maximum absolute atomic E-state index is 11.8. The van der Waals surface area contributed by atoms with E-state index in [4.69, 9.17) is 12.6 Å². The minimum Gasteiger partial charge on any atom is -0.456 e. The Balaban J connectivity index is 1.21. The van der Waals surface area contributed by atoms with E-state index in [-0.39, 0.29) is 61.8 Å². The SMILES string of the molecule is [2H]c1c([2H])c2c3c(c1[2H])-n1c4c([2H])c([2H])c(C(C)(C)C)c([2H])c4c4c([2H])c(C(C)(C)C)c([2H])c(c41)N3c1c([2H])c(C#N)c([2H])c3c1B2c1c([2H])c([2H])c(N(c2c([2H])c([2H])c(C(C)(C)C)c([2H])c2[2H])c2c([2H])c([2H])c(C(C)(C)C)c([2H])c2[2H])c([2H])c1N3c1c([2H])c([2H])c(-c2c([2H])c([2H])c([2H])c3oc4c([2H])c([2H])c([2H])c([2H])c4c23)c([2H])c1[2H]. The summed E-state index contributed by atoms with van der Waals surface area (Å²) in [6.07, 6.45) is 0. The third kappa shape index (κ3) is 7.76. The summed E-state index contributed by atoms with van der Waals surface area (Å²) < 4.78 is 326. The fourth-order valence-electron chi connectivity index (χ4n) is 11.1. The summed E-state index contributed by atoms with van der Waals surface area (Å²) in [5.41, 5.74) is -19.0. The molecule has 0 unspecified atom stereocenters. The maximum atomic E-state index is 11.8. The van der Waals surface area contributed by atoms with Crippen molar-refractivity contribution in [3.63, 3.8) is 0 Å². The number of benzene rings is 10. The summed E-state index contributed by atoms with van der Waals surface area (Å²) in [7, 11) is 0.